The molecule has 2 heterocycles. The molecule has 0 amide bonds. The number of nitrogens with one attached hydrogen (secondary N) is 1. The zero-order valence-corrected chi connectivity index (χ0v) is 13.8. The zero-order valence-electron chi connectivity index (χ0n) is 13.0. The van der Waals surface area contributed by atoms with Gasteiger partial charge in [0, 0.05) is 13.1 Å². The van der Waals surface area contributed by atoms with Crippen molar-refractivity contribution in [2.45, 2.75) is 19.9 Å². The second kappa shape index (κ2) is 6.01. The molecule has 0 fully saturated rings. The topological polar surface area (TPSA) is 42.7 Å². The van der Waals surface area contributed by atoms with Crippen LogP contribution in [0.25, 0.3) is 21.3 Å². The van der Waals surface area contributed by atoms with Crippen LogP contribution in [-0.2, 0) is 6.54 Å². The molecule has 0 radical (unpaired) electrons. The highest BCUT2D eigenvalue weighted by Crippen LogP contribution is 2.25. The number of aryl methyl sites for hydroxylation is 2. The lowest BCUT2D eigenvalue weighted by molar-refractivity contribution is 0.659. The van der Waals surface area contributed by atoms with Crippen molar-refractivity contribution in [1.82, 2.24) is 14.5 Å². The van der Waals surface area contributed by atoms with Crippen LogP contribution in [-0.4, -0.2) is 21.1 Å². The minimum Gasteiger partial charge on any atom is -0.361 e. The van der Waals surface area contributed by atoms with Crippen molar-refractivity contribution < 1.29 is 0 Å². The van der Waals surface area contributed by atoms with Gasteiger partial charge in [-0.3, -0.25) is 0 Å². The van der Waals surface area contributed by atoms with Gasteiger partial charge in [-0.1, -0.05) is 35.6 Å². The van der Waals surface area contributed by atoms with E-state index in [0.717, 1.165) is 41.5 Å². The van der Waals surface area contributed by atoms with E-state index in [9.17, 15) is 0 Å². The normalized spacial score (nSPS) is 11.3. The molecule has 4 rings (SSSR count). The fourth-order valence-electron chi connectivity index (χ4n) is 2.86. The highest BCUT2D eigenvalue weighted by Gasteiger charge is 2.06. The maximum Gasteiger partial charge on any atom is 0.183 e. The second-order valence-corrected chi connectivity index (χ2v) is 6.60. The molecule has 116 valence electrons. The first-order valence-corrected chi connectivity index (χ1v) is 8.64. The summed E-state index contributed by atoms with van der Waals surface area (Å²) in [5.74, 6) is 1.08. The predicted molar refractivity (Wildman–Crippen MR) is 97.2 cm³/mol. The lowest BCUT2D eigenvalue weighted by atomic mass is 10.3. The Labute approximate surface area is 138 Å². The van der Waals surface area contributed by atoms with Crippen LogP contribution < -0.4 is 5.32 Å². The van der Waals surface area contributed by atoms with E-state index in [2.05, 4.69) is 63.2 Å². The zero-order chi connectivity index (χ0) is 15.6. The molecule has 0 saturated carbocycles. The number of anilines is 1. The van der Waals surface area contributed by atoms with Gasteiger partial charge < -0.3 is 9.88 Å². The molecule has 1 N–H and O–H groups in total. The van der Waals surface area contributed by atoms with Crippen molar-refractivity contribution >= 4 is 37.7 Å². The molecule has 2 aromatic heterocycles. The van der Waals surface area contributed by atoms with Gasteiger partial charge in [0.2, 0.25) is 0 Å². The molecule has 0 saturated heterocycles. The second-order valence-electron chi connectivity index (χ2n) is 5.57. The fourth-order valence-corrected chi connectivity index (χ4v) is 3.75. The summed E-state index contributed by atoms with van der Waals surface area (Å²) in [7, 11) is 0. The summed E-state index contributed by atoms with van der Waals surface area (Å²) in [5, 5.41) is 4.44. The van der Waals surface area contributed by atoms with Crippen LogP contribution in [0.2, 0.25) is 0 Å². The van der Waals surface area contributed by atoms with E-state index in [-0.39, 0.29) is 0 Å². The minimum absolute atomic E-state index is 0.909. The number of fused-ring (bicyclic) bond motifs is 2. The number of benzene rings is 2. The maximum atomic E-state index is 4.61. The monoisotopic (exact) mass is 322 g/mol. The lowest BCUT2D eigenvalue weighted by Crippen LogP contribution is -2.07. The third-order valence-corrected chi connectivity index (χ3v) is 4.97. The third kappa shape index (κ3) is 2.80. The lowest BCUT2D eigenvalue weighted by Gasteiger charge is -2.07. The highest BCUT2D eigenvalue weighted by atomic mass is 32.1. The van der Waals surface area contributed by atoms with E-state index in [1.165, 1.54) is 10.2 Å². The molecule has 0 spiro atoms. The van der Waals surface area contributed by atoms with Gasteiger partial charge in [0.05, 0.1) is 21.3 Å². The smallest absolute Gasteiger partial charge is 0.183 e. The average Bonchev–Trinajstić information content (AvgIpc) is 3.11. The average molecular weight is 322 g/mol. The van der Waals surface area contributed by atoms with E-state index in [0.29, 0.717) is 0 Å². The van der Waals surface area contributed by atoms with Crippen LogP contribution >= 0.6 is 11.3 Å². The van der Waals surface area contributed by atoms with Crippen molar-refractivity contribution in [3.05, 3.63) is 54.4 Å². The number of nitrogens with zero attached hydrogens (tertiary/aromatic N) is 3. The summed E-state index contributed by atoms with van der Waals surface area (Å²) in [5.41, 5.74) is 3.35. The van der Waals surface area contributed by atoms with E-state index in [1.54, 1.807) is 11.3 Å². The summed E-state index contributed by atoms with van der Waals surface area (Å²) in [6, 6.07) is 16.6. The quantitative estimate of drug-likeness (QED) is 0.552. The Morgan fingerprint density at radius 3 is 2.65 bits per heavy atom. The Kier molecular flexibility index (Phi) is 3.71. The number of hydrogen-bond donors (Lipinski definition) is 1. The van der Waals surface area contributed by atoms with Crippen LogP contribution in [0.5, 0.6) is 0 Å². The number of hydrogen-bond acceptors (Lipinski definition) is 4. The highest BCUT2D eigenvalue weighted by molar-refractivity contribution is 7.22. The van der Waals surface area contributed by atoms with Crippen molar-refractivity contribution in [2.24, 2.45) is 0 Å². The number of rotatable bonds is 5. The molecule has 0 aliphatic carbocycles. The fraction of sp³-hybridized carbons (Fsp3) is 0.222. The molecule has 4 aromatic rings. The molecular formula is C18H18N4S. The Morgan fingerprint density at radius 1 is 1.00 bits per heavy atom. The standard InChI is InChI=1S/C18H18N4S/c1-13-20-14-7-2-4-9-16(14)22(13)12-6-11-19-18-21-15-8-3-5-10-17(15)23-18/h2-5,7-10H,6,11-12H2,1H3,(H,19,21). The van der Waals surface area contributed by atoms with Gasteiger partial charge in [-0.15, -0.1) is 0 Å². The predicted octanol–water partition coefficient (Wildman–Crippen LogP) is 4.46. The van der Waals surface area contributed by atoms with Gasteiger partial charge in [0.25, 0.3) is 0 Å². The van der Waals surface area contributed by atoms with Gasteiger partial charge in [-0.05, 0) is 37.6 Å². The van der Waals surface area contributed by atoms with Crippen LogP contribution in [0.1, 0.15) is 12.2 Å². The summed E-state index contributed by atoms with van der Waals surface area (Å²) >= 11 is 1.71. The van der Waals surface area contributed by atoms with Crippen LogP contribution in [0, 0.1) is 6.92 Å². The molecule has 0 aliphatic heterocycles. The van der Waals surface area contributed by atoms with E-state index >= 15 is 0 Å². The van der Waals surface area contributed by atoms with Gasteiger partial charge in [-0.25, -0.2) is 9.97 Å². The number of para-hydroxylation sites is 3. The van der Waals surface area contributed by atoms with Gasteiger partial charge in [0.1, 0.15) is 5.82 Å². The summed E-state index contributed by atoms with van der Waals surface area (Å²) < 4.78 is 3.52. The van der Waals surface area contributed by atoms with E-state index in [1.807, 2.05) is 12.1 Å². The number of thiazole rings is 1. The van der Waals surface area contributed by atoms with Crippen molar-refractivity contribution in [3.63, 3.8) is 0 Å². The first kappa shape index (κ1) is 14.2. The summed E-state index contributed by atoms with van der Waals surface area (Å²) in [6.45, 7) is 3.94. The molecule has 0 bridgehead atoms. The van der Waals surface area contributed by atoms with Crippen LogP contribution in [0.3, 0.4) is 0 Å². The maximum absolute atomic E-state index is 4.61. The summed E-state index contributed by atoms with van der Waals surface area (Å²) in [4.78, 5) is 9.21. The molecular weight excluding hydrogens is 304 g/mol. The summed E-state index contributed by atoms with van der Waals surface area (Å²) in [6.07, 6.45) is 1.04. The van der Waals surface area contributed by atoms with Gasteiger partial charge in [0.15, 0.2) is 5.13 Å². The SMILES string of the molecule is Cc1nc2ccccc2n1CCCNc1nc2ccccc2s1. The number of imidazole rings is 1. The largest absolute Gasteiger partial charge is 0.361 e. The molecule has 0 aliphatic rings. The molecule has 4 nitrogen and oxygen atoms in total. The van der Waals surface area contributed by atoms with Crippen LogP contribution in [0.15, 0.2) is 48.5 Å². The minimum atomic E-state index is 0.909. The van der Waals surface area contributed by atoms with Crippen LogP contribution in [0.4, 0.5) is 5.13 Å². The first-order chi connectivity index (χ1) is 11.3. The van der Waals surface area contributed by atoms with Crippen molar-refractivity contribution in [2.75, 3.05) is 11.9 Å². The van der Waals surface area contributed by atoms with Gasteiger partial charge >= 0.3 is 0 Å². The first-order valence-electron chi connectivity index (χ1n) is 7.82. The van der Waals surface area contributed by atoms with E-state index in [4.69, 9.17) is 0 Å². The Balaban J connectivity index is 1.40. The molecule has 0 unspecified atom stereocenters. The third-order valence-electron chi connectivity index (χ3n) is 3.97. The van der Waals surface area contributed by atoms with Crippen molar-refractivity contribution in [3.8, 4) is 0 Å². The van der Waals surface area contributed by atoms with E-state index < -0.39 is 0 Å². The Hall–Kier alpha value is -2.40. The van der Waals surface area contributed by atoms with Gasteiger partial charge in [-0.2, -0.15) is 0 Å². The molecule has 0 atom stereocenters. The Bertz CT molecular complexity index is 921. The number of aromatic nitrogens is 3. The molecule has 2 aromatic carbocycles. The molecule has 23 heavy (non-hydrogen) atoms. The Morgan fingerprint density at radius 2 is 1.78 bits per heavy atom. The molecule has 5 heteroatoms. The van der Waals surface area contributed by atoms with Crippen molar-refractivity contribution in [1.29, 1.82) is 0 Å².